The second-order valence-electron chi connectivity index (χ2n) is 15.7. The highest BCUT2D eigenvalue weighted by molar-refractivity contribution is 6.27. The molecule has 0 amide bonds. The molecule has 10 aromatic carbocycles. The molecule has 0 bridgehead atoms. The first-order valence-electron chi connectivity index (χ1n) is 20.9. The third-order valence-electron chi connectivity index (χ3n) is 12.2. The predicted octanol–water partition coefficient (Wildman–Crippen LogP) is 14.0. The van der Waals surface area contributed by atoms with Gasteiger partial charge in [-0.3, -0.25) is 16.0 Å². The number of hydrogen-bond acceptors (Lipinski definition) is 3. The molecule has 0 radical (unpaired) electrons. The van der Waals surface area contributed by atoms with Gasteiger partial charge in [0.25, 0.3) is 0 Å². The van der Waals surface area contributed by atoms with Crippen LogP contribution in [-0.2, 0) is 0 Å². The molecule has 11 rings (SSSR count). The molecule has 1 heterocycles. The Kier molecular flexibility index (Phi) is 9.33. The van der Waals surface area contributed by atoms with E-state index in [9.17, 15) is 0 Å². The molecule has 3 atom stereocenters. The lowest BCUT2D eigenvalue weighted by atomic mass is 9.84. The summed E-state index contributed by atoms with van der Waals surface area (Å²) in [6.45, 7) is 0. The summed E-state index contributed by atoms with van der Waals surface area (Å²) in [5, 5.41) is 19.4. The fourth-order valence-electron chi connectivity index (χ4n) is 9.34. The molecule has 1 aliphatic rings. The van der Waals surface area contributed by atoms with Crippen LogP contribution in [0.2, 0.25) is 0 Å². The molecule has 60 heavy (non-hydrogen) atoms. The van der Waals surface area contributed by atoms with Crippen LogP contribution in [0.25, 0.3) is 76.8 Å². The highest BCUT2D eigenvalue weighted by Gasteiger charge is 2.31. The maximum atomic E-state index is 3.98. The van der Waals surface area contributed by atoms with Gasteiger partial charge >= 0.3 is 0 Å². The largest absolute Gasteiger partial charge is 0.279 e. The van der Waals surface area contributed by atoms with Crippen molar-refractivity contribution < 1.29 is 0 Å². The van der Waals surface area contributed by atoms with E-state index in [0.717, 1.165) is 0 Å². The van der Waals surface area contributed by atoms with Crippen molar-refractivity contribution in [3.63, 3.8) is 0 Å². The summed E-state index contributed by atoms with van der Waals surface area (Å²) < 4.78 is 0. The average Bonchev–Trinajstić information content (AvgIpc) is 3.34. The Bertz CT molecular complexity index is 3110. The van der Waals surface area contributed by atoms with Gasteiger partial charge in [0.15, 0.2) is 0 Å². The van der Waals surface area contributed by atoms with E-state index in [1.54, 1.807) is 0 Å². The summed E-state index contributed by atoms with van der Waals surface area (Å²) in [5.74, 6) is 0. The van der Waals surface area contributed by atoms with Gasteiger partial charge in [0.05, 0.1) is 18.5 Å². The van der Waals surface area contributed by atoms with Crippen LogP contribution in [0.4, 0.5) is 0 Å². The molecule has 1 aliphatic heterocycles. The topological polar surface area (TPSA) is 36.1 Å². The molecular formula is C57H43N3. The zero-order valence-electron chi connectivity index (χ0n) is 33.1. The summed E-state index contributed by atoms with van der Waals surface area (Å²) in [7, 11) is 0. The Morgan fingerprint density at radius 1 is 0.267 bits per heavy atom. The second-order valence-corrected chi connectivity index (χ2v) is 15.7. The second kappa shape index (κ2) is 15.6. The van der Waals surface area contributed by atoms with Crippen molar-refractivity contribution in [2.45, 2.75) is 18.5 Å². The molecule has 3 nitrogen and oxygen atoms in total. The van der Waals surface area contributed by atoms with E-state index in [2.05, 4.69) is 240 Å². The lowest BCUT2D eigenvalue weighted by Gasteiger charge is -2.40. The van der Waals surface area contributed by atoms with Crippen LogP contribution in [0.3, 0.4) is 0 Å². The van der Waals surface area contributed by atoms with Gasteiger partial charge < -0.3 is 0 Å². The lowest BCUT2D eigenvalue weighted by Crippen LogP contribution is -2.54. The van der Waals surface area contributed by atoms with Crippen LogP contribution in [0, 0.1) is 0 Å². The number of hydrogen-bond donors (Lipinski definition) is 3. The minimum Gasteiger partial charge on any atom is -0.279 e. The molecule has 3 unspecified atom stereocenters. The molecule has 0 aromatic heterocycles. The SMILES string of the molecule is c1ccc(-c2ccc(C3NC(c4ccc(-c5c6ccccc6c(-c6ccccc6)c6ccc7ccccc7c56)cc4)NC(c4ccccc4-c4ccccc4)N3)cc2)cc1. The first kappa shape index (κ1) is 36.0. The van der Waals surface area contributed by atoms with Crippen molar-refractivity contribution in [1.29, 1.82) is 0 Å². The number of benzene rings is 10. The molecule has 0 spiro atoms. The van der Waals surface area contributed by atoms with Crippen LogP contribution in [0.5, 0.6) is 0 Å². The van der Waals surface area contributed by atoms with Crippen LogP contribution in [-0.4, -0.2) is 0 Å². The van der Waals surface area contributed by atoms with E-state index >= 15 is 0 Å². The average molecular weight is 770 g/mol. The number of rotatable bonds is 7. The van der Waals surface area contributed by atoms with E-state index < -0.39 is 0 Å². The molecule has 1 saturated heterocycles. The minimum absolute atomic E-state index is 0.112. The third-order valence-corrected chi connectivity index (χ3v) is 12.2. The van der Waals surface area contributed by atoms with Crippen molar-refractivity contribution in [2.75, 3.05) is 0 Å². The van der Waals surface area contributed by atoms with Crippen LogP contribution in [0.15, 0.2) is 224 Å². The van der Waals surface area contributed by atoms with E-state index in [1.807, 2.05) is 0 Å². The molecule has 3 heteroatoms. The fraction of sp³-hybridized carbons (Fsp3) is 0.0526. The quantitative estimate of drug-likeness (QED) is 0.112. The van der Waals surface area contributed by atoms with E-state index in [0.29, 0.717) is 0 Å². The first-order valence-corrected chi connectivity index (χ1v) is 20.9. The maximum Gasteiger partial charge on any atom is 0.0870 e. The van der Waals surface area contributed by atoms with Gasteiger partial charge in [-0.25, -0.2) is 0 Å². The molecule has 0 saturated carbocycles. The Hall–Kier alpha value is -7.14. The van der Waals surface area contributed by atoms with Crippen LogP contribution >= 0.6 is 0 Å². The Labute approximate surface area is 351 Å². The Morgan fingerprint density at radius 3 is 1.37 bits per heavy atom. The number of nitrogens with one attached hydrogen (secondary N) is 3. The monoisotopic (exact) mass is 769 g/mol. The summed E-state index contributed by atoms with van der Waals surface area (Å²) in [6, 6.07) is 81.4. The lowest BCUT2D eigenvalue weighted by molar-refractivity contribution is 0.203. The van der Waals surface area contributed by atoms with Gasteiger partial charge in [-0.15, -0.1) is 0 Å². The first-order chi connectivity index (χ1) is 29.8. The van der Waals surface area contributed by atoms with Gasteiger partial charge in [-0.1, -0.05) is 224 Å². The minimum atomic E-state index is -0.136. The van der Waals surface area contributed by atoms with Gasteiger partial charge in [-0.05, 0) is 93.5 Å². The zero-order valence-corrected chi connectivity index (χ0v) is 33.1. The predicted molar refractivity (Wildman–Crippen MR) is 251 cm³/mol. The van der Waals surface area contributed by atoms with Gasteiger partial charge in [0.1, 0.15) is 0 Å². The van der Waals surface area contributed by atoms with E-state index in [1.165, 1.54) is 93.5 Å². The third kappa shape index (κ3) is 6.56. The molecule has 10 aromatic rings. The molecular weight excluding hydrogens is 727 g/mol. The van der Waals surface area contributed by atoms with Crippen molar-refractivity contribution in [1.82, 2.24) is 16.0 Å². The summed E-state index contributed by atoms with van der Waals surface area (Å²) in [6.07, 6.45) is -0.377. The van der Waals surface area contributed by atoms with Gasteiger partial charge in [0.2, 0.25) is 0 Å². The van der Waals surface area contributed by atoms with E-state index in [-0.39, 0.29) is 18.5 Å². The Balaban J connectivity index is 1.02. The highest BCUT2D eigenvalue weighted by Crippen LogP contribution is 2.46. The molecule has 286 valence electrons. The summed E-state index contributed by atoms with van der Waals surface area (Å²) in [4.78, 5) is 0. The molecule has 0 aliphatic carbocycles. The zero-order chi connectivity index (χ0) is 39.8. The summed E-state index contributed by atoms with van der Waals surface area (Å²) >= 11 is 0. The summed E-state index contributed by atoms with van der Waals surface area (Å²) in [5.41, 5.74) is 13.4. The van der Waals surface area contributed by atoms with Gasteiger partial charge in [-0.2, -0.15) is 0 Å². The molecule has 3 N–H and O–H groups in total. The van der Waals surface area contributed by atoms with E-state index in [4.69, 9.17) is 0 Å². The maximum absolute atomic E-state index is 3.98. The highest BCUT2D eigenvalue weighted by atomic mass is 15.4. The standard InChI is InChI=1S/C57H43N3/c1-4-16-38(17-5-1)39-28-32-44(33-29-39)55-58-56(60-57(59-55)50-27-15-12-23-46(50)40-18-6-2-7-19-40)45-34-30-43(31-35-45)53-49-26-14-13-25-48(49)52(42-21-8-3-9-22-42)51-37-36-41-20-10-11-24-47(41)54(51)53/h1-37,55-60H. The smallest absolute Gasteiger partial charge is 0.0870 e. The molecule has 1 fully saturated rings. The van der Waals surface area contributed by atoms with Crippen molar-refractivity contribution >= 4 is 32.3 Å². The van der Waals surface area contributed by atoms with Crippen LogP contribution in [0.1, 0.15) is 35.2 Å². The fourth-order valence-corrected chi connectivity index (χ4v) is 9.34. The van der Waals surface area contributed by atoms with Crippen molar-refractivity contribution in [3.8, 4) is 44.5 Å². The van der Waals surface area contributed by atoms with Crippen LogP contribution < -0.4 is 16.0 Å². The van der Waals surface area contributed by atoms with Crippen molar-refractivity contribution in [3.05, 3.63) is 241 Å². The van der Waals surface area contributed by atoms with Gasteiger partial charge in [0, 0.05) is 0 Å². The number of fused-ring (bicyclic) bond motifs is 4. The van der Waals surface area contributed by atoms with Crippen molar-refractivity contribution in [2.24, 2.45) is 0 Å². The normalized spacial score (nSPS) is 16.6. The Morgan fingerprint density at radius 2 is 0.717 bits per heavy atom.